The molecule has 0 saturated heterocycles. The summed E-state index contributed by atoms with van der Waals surface area (Å²) in [6.45, 7) is 1.93. The molecule has 3 heterocycles. The van der Waals surface area contributed by atoms with Crippen molar-refractivity contribution in [1.82, 2.24) is 20.1 Å². The Hall–Kier alpha value is -2.08. The number of rotatable bonds is 3. The van der Waals surface area contributed by atoms with Crippen LogP contribution in [0.3, 0.4) is 0 Å². The van der Waals surface area contributed by atoms with Crippen molar-refractivity contribution in [3.05, 3.63) is 48.6 Å². The van der Waals surface area contributed by atoms with Gasteiger partial charge in [-0.3, -0.25) is 9.97 Å². The summed E-state index contributed by atoms with van der Waals surface area (Å²) in [5.74, 6) is 1.02. The van der Waals surface area contributed by atoms with Crippen LogP contribution in [0.4, 0.5) is 0 Å². The Labute approximate surface area is 124 Å². The number of pyridine rings is 2. The van der Waals surface area contributed by atoms with Crippen LogP contribution < -0.4 is 0 Å². The van der Waals surface area contributed by atoms with Crippen LogP contribution in [0.5, 0.6) is 0 Å². The largest absolute Gasteiger partial charge is 0.338 e. The standard InChI is InChI=1S/C14H11BrN4O/c1-9(15)14-18-13(19-20-14)12-6-5-10(8-17-12)11-4-2-3-7-16-11/h2-9H,1H3. The van der Waals surface area contributed by atoms with Gasteiger partial charge in [-0.25, -0.2) is 0 Å². The molecule has 0 saturated carbocycles. The second kappa shape index (κ2) is 5.50. The number of alkyl halides is 1. The first-order valence-electron chi connectivity index (χ1n) is 6.09. The molecule has 0 bridgehead atoms. The van der Waals surface area contributed by atoms with Crippen molar-refractivity contribution in [2.24, 2.45) is 0 Å². The number of hydrogen-bond donors (Lipinski definition) is 0. The van der Waals surface area contributed by atoms with E-state index in [9.17, 15) is 0 Å². The van der Waals surface area contributed by atoms with Gasteiger partial charge in [-0.1, -0.05) is 27.2 Å². The average Bonchev–Trinajstić information content (AvgIpc) is 2.98. The zero-order valence-corrected chi connectivity index (χ0v) is 12.3. The van der Waals surface area contributed by atoms with Gasteiger partial charge < -0.3 is 4.52 Å². The van der Waals surface area contributed by atoms with Gasteiger partial charge in [-0.2, -0.15) is 4.98 Å². The second-order valence-electron chi connectivity index (χ2n) is 4.22. The van der Waals surface area contributed by atoms with Crippen LogP contribution in [-0.4, -0.2) is 20.1 Å². The van der Waals surface area contributed by atoms with E-state index in [1.807, 2.05) is 37.3 Å². The van der Waals surface area contributed by atoms with E-state index < -0.39 is 0 Å². The third-order valence-corrected chi connectivity index (χ3v) is 3.13. The van der Waals surface area contributed by atoms with E-state index in [1.54, 1.807) is 12.4 Å². The Balaban J connectivity index is 1.89. The van der Waals surface area contributed by atoms with Gasteiger partial charge in [-0.15, -0.1) is 0 Å². The molecular weight excluding hydrogens is 320 g/mol. The molecule has 1 unspecified atom stereocenters. The van der Waals surface area contributed by atoms with E-state index in [4.69, 9.17) is 4.52 Å². The molecule has 0 radical (unpaired) electrons. The number of halogens is 1. The molecule has 0 aromatic carbocycles. The summed E-state index contributed by atoms with van der Waals surface area (Å²) in [4.78, 5) is 12.9. The monoisotopic (exact) mass is 330 g/mol. The lowest BCUT2D eigenvalue weighted by Gasteiger charge is -2.00. The van der Waals surface area contributed by atoms with Crippen LogP contribution >= 0.6 is 15.9 Å². The molecule has 5 nitrogen and oxygen atoms in total. The lowest BCUT2D eigenvalue weighted by atomic mass is 10.2. The third kappa shape index (κ3) is 2.60. The third-order valence-electron chi connectivity index (χ3n) is 2.74. The van der Waals surface area contributed by atoms with Crippen molar-refractivity contribution in [3.8, 4) is 22.8 Å². The molecule has 20 heavy (non-hydrogen) atoms. The molecule has 1 atom stereocenters. The number of hydrogen-bond acceptors (Lipinski definition) is 5. The first kappa shape index (κ1) is 12.9. The Kier molecular flexibility index (Phi) is 3.56. The van der Waals surface area contributed by atoms with Gasteiger partial charge in [0.1, 0.15) is 5.69 Å². The second-order valence-corrected chi connectivity index (χ2v) is 5.59. The zero-order chi connectivity index (χ0) is 13.9. The molecule has 6 heteroatoms. The minimum atomic E-state index is 0.0246. The lowest BCUT2D eigenvalue weighted by Crippen LogP contribution is -1.89. The van der Waals surface area contributed by atoms with Gasteiger partial charge in [-0.05, 0) is 31.2 Å². The van der Waals surface area contributed by atoms with Crippen molar-refractivity contribution in [3.63, 3.8) is 0 Å². The minimum absolute atomic E-state index is 0.0246. The van der Waals surface area contributed by atoms with Gasteiger partial charge in [0.25, 0.3) is 0 Å². The molecule has 0 fully saturated rings. The maximum atomic E-state index is 5.14. The van der Waals surface area contributed by atoms with E-state index in [0.717, 1.165) is 11.3 Å². The predicted octanol–water partition coefficient (Wildman–Crippen LogP) is 3.65. The van der Waals surface area contributed by atoms with Crippen molar-refractivity contribution in [2.45, 2.75) is 11.8 Å². The summed E-state index contributed by atoms with van der Waals surface area (Å²) in [5.41, 5.74) is 2.51. The molecular formula is C14H11BrN4O. The molecule has 0 spiro atoms. The van der Waals surface area contributed by atoms with Crippen LogP contribution in [0.1, 0.15) is 17.6 Å². The first-order valence-corrected chi connectivity index (χ1v) is 7.01. The maximum Gasteiger partial charge on any atom is 0.240 e. The maximum absolute atomic E-state index is 5.14. The topological polar surface area (TPSA) is 64.7 Å². The van der Waals surface area contributed by atoms with Crippen molar-refractivity contribution >= 4 is 15.9 Å². The Morgan fingerprint density at radius 3 is 2.60 bits per heavy atom. The van der Waals surface area contributed by atoms with E-state index >= 15 is 0 Å². The molecule has 3 rings (SSSR count). The average molecular weight is 331 g/mol. The van der Waals surface area contributed by atoms with Gasteiger partial charge in [0.2, 0.25) is 11.7 Å². The molecule has 0 aliphatic rings. The summed E-state index contributed by atoms with van der Waals surface area (Å²) >= 11 is 3.39. The molecule has 100 valence electrons. The van der Waals surface area contributed by atoms with E-state index in [0.29, 0.717) is 17.4 Å². The fourth-order valence-corrected chi connectivity index (χ4v) is 1.90. The summed E-state index contributed by atoms with van der Waals surface area (Å²) in [6.07, 6.45) is 3.51. The molecule has 3 aromatic heterocycles. The lowest BCUT2D eigenvalue weighted by molar-refractivity contribution is 0.382. The highest BCUT2D eigenvalue weighted by atomic mass is 79.9. The van der Waals surface area contributed by atoms with Gasteiger partial charge in [0, 0.05) is 18.0 Å². The van der Waals surface area contributed by atoms with Gasteiger partial charge in [0.05, 0.1) is 10.5 Å². The van der Waals surface area contributed by atoms with E-state index in [-0.39, 0.29) is 4.83 Å². The van der Waals surface area contributed by atoms with Gasteiger partial charge in [0.15, 0.2) is 0 Å². The highest BCUT2D eigenvalue weighted by Crippen LogP contribution is 2.23. The molecule has 0 amide bonds. The highest BCUT2D eigenvalue weighted by Gasteiger charge is 2.13. The van der Waals surface area contributed by atoms with Crippen molar-refractivity contribution in [1.29, 1.82) is 0 Å². The Morgan fingerprint density at radius 2 is 2.00 bits per heavy atom. The van der Waals surface area contributed by atoms with Crippen LogP contribution in [0.2, 0.25) is 0 Å². The zero-order valence-electron chi connectivity index (χ0n) is 10.7. The Morgan fingerprint density at radius 1 is 1.10 bits per heavy atom. The fraction of sp³-hybridized carbons (Fsp3) is 0.143. The molecule has 0 N–H and O–H groups in total. The van der Waals surface area contributed by atoms with E-state index in [1.165, 1.54) is 0 Å². The molecule has 0 aliphatic carbocycles. The smallest absolute Gasteiger partial charge is 0.240 e. The normalized spacial score (nSPS) is 12.3. The highest BCUT2D eigenvalue weighted by molar-refractivity contribution is 9.09. The molecule has 3 aromatic rings. The van der Waals surface area contributed by atoms with Gasteiger partial charge >= 0.3 is 0 Å². The van der Waals surface area contributed by atoms with Crippen LogP contribution in [0.15, 0.2) is 47.2 Å². The van der Waals surface area contributed by atoms with Crippen LogP contribution in [0.25, 0.3) is 22.8 Å². The predicted molar refractivity (Wildman–Crippen MR) is 78.1 cm³/mol. The summed E-state index contributed by atoms with van der Waals surface area (Å²) in [7, 11) is 0. The number of nitrogens with zero attached hydrogens (tertiary/aromatic N) is 4. The fourth-order valence-electron chi connectivity index (χ4n) is 1.71. The first-order chi connectivity index (χ1) is 9.74. The summed E-state index contributed by atoms with van der Waals surface area (Å²) < 4.78 is 5.14. The summed E-state index contributed by atoms with van der Waals surface area (Å²) in [5, 5.41) is 3.92. The van der Waals surface area contributed by atoms with Crippen molar-refractivity contribution < 1.29 is 4.52 Å². The SMILES string of the molecule is CC(Br)c1nc(-c2ccc(-c3ccccn3)cn2)no1. The minimum Gasteiger partial charge on any atom is -0.338 e. The quantitative estimate of drug-likeness (QED) is 0.686. The van der Waals surface area contributed by atoms with Crippen molar-refractivity contribution in [2.75, 3.05) is 0 Å². The Bertz CT molecular complexity index is 695. The van der Waals surface area contributed by atoms with Crippen LogP contribution in [0, 0.1) is 0 Å². The van der Waals surface area contributed by atoms with E-state index in [2.05, 4.69) is 36.0 Å². The molecule has 0 aliphatic heterocycles. The number of aromatic nitrogens is 4. The van der Waals surface area contributed by atoms with Crippen LogP contribution in [-0.2, 0) is 0 Å². The summed E-state index contributed by atoms with van der Waals surface area (Å²) in [6, 6.07) is 9.57.